The molecule has 2 heteroatoms. The number of hydrogen-bond donors (Lipinski definition) is 0. The molecule has 0 atom stereocenters. The lowest BCUT2D eigenvalue weighted by atomic mass is 10.1. The summed E-state index contributed by atoms with van der Waals surface area (Å²) < 4.78 is 11.2. The second-order valence-electron chi connectivity index (χ2n) is 3.97. The Kier molecular flexibility index (Phi) is 5.76. The lowest BCUT2D eigenvalue weighted by Gasteiger charge is -2.21. The molecule has 16 heavy (non-hydrogen) atoms. The van der Waals surface area contributed by atoms with E-state index in [0.717, 1.165) is 42.8 Å². The number of ether oxygens (including phenoxy) is 2. The fourth-order valence-corrected chi connectivity index (χ4v) is 1.57. The molecule has 0 bridgehead atoms. The summed E-state index contributed by atoms with van der Waals surface area (Å²) in [7, 11) is 0. The van der Waals surface area contributed by atoms with Crippen molar-refractivity contribution < 1.29 is 9.47 Å². The van der Waals surface area contributed by atoms with Gasteiger partial charge in [0.15, 0.2) is 11.5 Å². The van der Waals surface area contributed by atoms with E-state index in [1.807, 2.05) is 6.08 Å². The van der Waals surface area contributed by atoms with Crippen molar-refractivity contribution in [3.05, 3.63) is 35.8 Å². The largest absolute Gasteiger partial charge is 0.486 e. The van der Waals surface area contributed by atoms with Crippen molar-refractivity contribution in [3.8, 4) is 0 Å². The van der Waals surface area contributed by atoms with Gasteiger partial charge < -0.3 is 9.47 Å². The maximum Gasteiger partial charge on any atom is 0.161 e. The zero-order valence-corrected chi connectivity index (χ0v) is 10.4. The third kappa shape index (κ3) is 4.13. The average molecular weight is 222 g/mol. The molecule has 0 amide bonds. The zero-order chi connectivity index (χ0) is 11.8. The smallest absolute Gasteiger partial charge is 0.161 e. The van der Waals surface area contributed by atoms with Crippen LogP contribution >= 0.6 is 0 Å². The van der Waals surface area contributed by atoms with E-state index in [1.165, 1.54) is 0 Å². The Morgan fingerprint density at radius 2 is 1.88 bits per heavy atom. The van der Waals surface area contributed by atoms with Gasteiger partial charge in [0.1, 0.15) is 13.2 Å². The first kappa shape index (κ1) is 12.9. The third-order valence-corrected chi connectivity index (χ3v) is 2.37. The summed E-state index contributed by atoms with van der Waals surface area (Å²) in [6, 6.07) is 0. The van der Waals surface area contributed by atoms with Crippen molar-refractivity contribution in [3.63, 3.8) is 0 Å². The van der Waals surface area contributed by atoms with Gasteiger partial charge in [0.25, 0.3) is 0 Å². The third-order valence-electron chi connectivity index (χ3n) is 2.37. The van der Waals surface area contributed by atoms with Gasteiger partial charge in [-0.15, -0.1) is 0 Å². The van der Waals surface area contributed by atoms with E-state index >= 15 is 0 Å². The molecule has 1 fully saturated rings. The summed E-state index contributed by atoms with van der Waals surface area (Å²) in [5.41, 5.74) is 1.10. The second-order valence-corrected chi connectivity index (χ2v) is 3.97. The molecule has 1 aliphatic rings. The molecule has 1 saturated heterocycles. The highest BCUT2D eigenvalue weighted by atomic mass is 16.6. The molecule has 90 valence electrons. The molecule has 0 N–H and O–H groups in total. The Morgan fingerprint density at radius 1 is 1.19 bits per heavy atom. The van der Waals surface area contributed by atoms with Crippen LogP contribution in [0.5, 0.6) is 0 Å². The molecular formula is C14H22O2. The normalized spacial score (nSPS) is 20.6. The highest BCUT2D eigenvalue weighted by Gasteiger charge is 2.13. The summed E-state index contributed by atoms with van der Waals surface area (Å²) >= 11 is 0. The van der Waals surface area contributed by atoms with Crippen LogP contribution in [0.1, 0.15) is 39.5 Å². The minimum absolute atomic E-state index is 0.634. The quantitative estimate of drug-likeness (QED) is 0.701. The monoisotopic (exact) mass is 222 g/mol. The zero-order valence-electron chi connectivity index (χ0n) is 10.4. The van der Waals surface area contributed by atoms with Crippen LogP contribution in [0.25, 0.3) is 0 Å². The highest BCUT2D eigenvalue weighted by molar-refractivity contribution is 5.29. The van der Waals surface area contributed by atoms with E-state index in [9.17, 15) is 0 Å². The molecule has 0 radical (unpaired) electrons. The van der Waals surface area contributed by atoms with Gasteiger partial charge in [-0.05, 0) is 25.0 Å². The maximum absolute atomic E-state index is 5.61. The molecule has 2 nitrogen and oxygen atoms in total. The van der Waals surface area contributed by atoms with Crippen LogP contribution in [0.15, 0.2) is 35.8 Å². The molecule has 0 spiro atoms. The van der Waals surface area contributed by atoms with E-state index in [4.69, 9.17) is 9.47 Å². The first-order valence-electron chi connectivity index (χ1n) is 6.13. The van der Waals surface area contributed by atoms with Crippen molar-refractivity contribution in [1.29, 1.82) is 0 Å². The number of unbranched alkanes of at least 4 members (excludes halogenated alkanes) is 1. The maximum atomic E-state index is 5.61. The minimum Gasteiger partial charge on any atom is -0.486 e. The van der Waals surface area contributed by atoms with Crippen molar-refractivity contribution in [2.75, 3.05) is 13.2 Å². The molecule has 0 unspecified atom stereocenters. The molecule has 1 rings (SSSR count). The fourth-order valence-electron chi connectivity index (χ4n) is 1.57. The SMILES string of the molecule is C=C(/C=C1/OCCO/C1=C/CCC)CCC. The van der Waals surface area contributed by atoms with E-state index in [-0.39, 0.29) is 0 Å². The number of allylic oxidation sites excluding steroid dienone is 3. The summed E-state index contributed by atoms with van der Waals surface area (Å²) in [4.78, 5) is 0. The topological polar surface area (TPSA) is 18.5 Å². The number of rotatable bonds is 5. The van der Waals surface area contributed by atoms with Crippen molar-refractivity contribution in [2.24, 2.45) is 0 Å². The van der Waals surface area contributed by atoms with Crippen molar-refractivity contribution >= 4 is 0 Å². The second kappa shape index (κ2) is 7.15. The Labute approximate surface area is 98.6 Å². The summed E-state index contributed by atoms with van der Waals surface area (Å²) in [6.45, 7) is 9.60. The van der Waals surface area contributed by atoms with E-state index in [2.05, 4.69) is 26.5 Å². The van der Waals surface area contributed by atoms with Gasteiger partial charge in [0.05, 0.1) is 0 Å². The molecule has 0 aliphatic carbocycles. The molecule has 1 aliphatic heterocycles. The summed E-state index contributed by atoms with van der Waals surface area (Å²) in [6.07, 6.45) is 8.37. The molecule has 0 saturated carbocycles. The fraction of sp³-hybridized carbons (Fsp3) is 0.571. The van der Waals surface area contributed by atoms with Gasteiger partial charge >= 0.3 is 0 Å². The van der Waals surface area contributed by atoms with E-state index in [0.29, 0.717) is 13.2 Å². The Balaban J connectivity index is 2.69. The van der Waals surface area contributed by atoms with E-state index in [1.54, 1.807) is 0 Å². The van der Waals surface area contributed by atoms with Crippen LogP contribution in [0, 0.1) is 0 Å². The first-order valence-corrected chi connectivity index (χ1v) is 6.13. The lowest BCUT2D eigenvalue weighted by Crippen LogP contribution is -2.14. The highest BCUT2D eigenvalue weighted by Crippen LogP contribution is 2.21. The Bertz CT molecular complexity index is 287. The van der Waals surface area contributed by atoms with Crippen molar-refractivity contribution in [2.45, 2.75) is 39.5 Å². The summed E-state index contributed by atoms with van der Waals surface area (Å²) in [5.74, 6) is 1.73. The van der Waals surface area contributed by atoms with Crippen LogP contribution in [0.4, 0.5) is 0 Å². The standard InChI is InChI=1S/C14H22O2/c1-4-6-8-13-14(16-10-9-15-13)11-12(3)7-5-2/h8,11H,3-7,9-10H2,1-2H3/b13-8+,14-11+. The minimum atomic E-state index is 0.634. The van der Waals surface area contributed by atoms with Gasteiger partial charge in [-0.2, -0.15) is 0 Å². The lowest BCUT2D eigenvalue weighted by molar-refractivity contribution is 0.0589. The predicted octanol–water partition coefficient (Wildman–Crippen LogP) is 3.96. The predicted molar refractivity (Wildman–Crippen MR) is 67.0 cm³/mol. The van der Waals surface area contributed by atoms with Gasteiger partial charge in [0, 0.05) is 0 Å². The van der Waals surface area contributed by atoms with Crippen LogP contribution < -0.4 is 0 Å². The molecule has 0 aromatic heterocycles. The Hall–Kier alpha value is -1.18. The van der Waals surface area contributed by atoms with E-state index < -0.39 is 0 Å². The molecule has 1 heterocycles. The summed E-state index contributed by atoms with van der Waals surface area (Å²) in [5, 5.41) is 0. The Morgan fingerprint density at radius 3 is 2.50 bits per heavy atom. The van der Waals surface area contributed by atoms with Gasteiger partial charge in [-0.3, -0.25) is 0 Å². The number of hydrogen-bond acceptors (Lipinski definition) is 2. The van der Waals surface area contributed by atoms with Gasteiger partial charge in [0.2, 0.25) is 0 Å². The van der Waals surface area contributed by atoms with Gasteiger partial charge in [-0.1, -0.05) is 38.8 Å². The molecular weight excluding hydrogens is 200 g/mol. The van der Waals surface area contributed by atoms with Crippen LogP contribution in [0.2, 0.25) is 0 Å². The van der Waals surface area contributed by atoms with Crippen LogP contribution in [0.3, 0.4) is 0 Å². The van der Waals surface area contributed by atoms with Gasteiger partial charge in [-0.25, -0.2) is 0 Å². The van der Waals surface area contributed by atoms with Crippen LogP contribution in [-0.2, 0) is 9.47 Å². The molecule has 0 aromatic rings. The van der Waals surface area contributed by atoms with Crippen molar-refractivity contribution in [1.82, 2.24) is 0 Å². The van der Waals surface area contributed by atoms with Crippen LogP contribution in [-0.4, -0.2) is 13.2 Å². The first-order chi connectivity index (χ1) is 7.77. The molecule has 0 aromatic carbocycles. The average Bonchev–Trinajstić information content (AvgIpc) is 2.28.